The Morgan fingerprint density at radius 1 is 1.00 bits per heavy atom. The van der Waals surface area contributed by atoms with Crippen molar-refractivity contribution in [2.45, 2.75) is 18.6 Å². The van der Waals surface area contributed by atoms with Crippen molar-refractivity contribution < 1.29 is 22.7 Å². The molecule has 0 spiro atoms. The van der Waals surface area contributed by atoms with Gasteiger partial charge in [0.15, 0.2) is 0 Å². The number of hydrogen-bond donors (Lipinski definition) is 1. The van der Waals surface area contributed by atoms with E-state index in [1.54, 1.807) is 31.2 Å². The van der Waals surface area contributed by atoms with Gasteiger partial charge in [-0.25, -0.2) is 13.2 Å². The molecule has 23 heavy (non-hydrogen) atoms. The van der Waals surface area contributed by atoms with Gasteiger partial charge < -0.3 is 4.74 Å². The zero-order valence-corrected chi connectivity index (χ0v) is 13.4. The van der Waals surface area contributed by atoms with Gasteiger partial charge in [0, 0.05) is 0 Å². The largest absolute Gasteiger partial charge is 0.389 e. The topological polar surface area (TPSA) is 77.5 Å². The monoisotopic (exact) mass is 332 g/mol. The highest BCUT2D eigenvalue weighted by Gasteiger charge is 2.20. The Balaban J connectivity index is 2.02. The molecule has 0 aromatic heterocycles. The van der Waals surface area contributed by atoms with Crippen molar-refractivity contribution >= 4 is 22.6 Å². The van der Waals surface area contributed by atoms with E-state index in [0.717, 1.165) is 5.56 Å². The fourth-order valence-corrected chi connectivity index (χ4v) is 2.52. The first kappa shape index (κ1) is 16.9. The number of hydrogen-bond acceptors (Lipinski definition) is 5. The summed E-state index contributed by atoms with van der Waals surface area (Å²) in [6.07, 6.45) is 0. The predicted molar refractivity (Wildman–Crippen MR) is 85.7 cm³/mol. The van der Waals surface area contributed by atoms with E-state index in [0.29, 0.717) is 5.56 Å². The smallest absolute Gasteiger partial charge is 0.345 e. The summed E-state index contributed by atoms with van der Waals surface area (Å²) in [4.78, 5) is 24.0. The Morgan fingerprint density at radius 3 is 2.17 bits per heavy atom. The lowest BCUT2D eigenvalue weighted by Crippen LogP contribution is -2.18. The second-order valence-electron chi connectivity index (χ2n) is 5.03. The van der Waals surface area contributed by atoms with Gasteiger partial charge in [0.1, 0.15) is 10.7 Å². The van der Waals surface area contributed by atoms with Crippen LogP contribution in [0.4, 0.5) is 0 Å². The van der Waals surface area contributed by atoms with Gasteiger partial charge in [-0.15, -0.1) is 0 Å². The fraction of sp³-hybridized carbons (Fsp3) is 0.176. The SMILES string of the molecule is CC(C(=O)OC(=O)c1ccc(C[SH](=O)=O)cc1)c1ccccc1. The van der Waals surface area contributed by atoms with Crippen LogP contribution in [-0.4, -0.2) is 20.4 Å². The minimum Gasteiger partial charge on any atom is -0.389 e. The Bertz CT molecular complexity index is 755. The lowest BCUT2D eigenvalue weighted by atomic mass is 10.0. The number of rotatable bonds is 5. The van der Waals surface area contributed by atoms with Crippen molar-refractivity contribution in [3.63, 3.8) is 0 Å². The molecule has 0 bridgehead atoms. The molecule has 2 aromatic rings. The average molecular weight is 332 g/mol. The molecule has 0 aliphatic heterocycles. The van der Waals surface area contributed by atoms with Crippen LogP contribution in [0.5, 0.6) is 0 Å². The maximum atomic E-state index is 12.0. The summed E-state index contributed by atoms with van der Waals surface area (Å²) in [5.74, 6) is -2.03. The number of benzene rings is 2. The van der Waals surface area contributed by atoms with Crippen LogP contribution in [0.2, 0.25) is 0 Å². The van der Waals surface area contributed by atoms with Gasteiger partial charge in [-0.05, 0) is 30.2 Å². The van der Waals surface area contributed by atoms with Crippen molar-refractivity contribution in [3.8, 4) is 0 Å². The van der Waals surface area contributed by atoms with Gasteiger partial charge in [-0.2, -0.15) is 0 Å². The van der Waals surface area contributed by atoms with Crippen LogP contribution in [0, 0.1) is 0 Å². The van der Waals surface area contributed by atoms with E-state index >= 15 is 0 Å². The molecule has 0 amide bonds. The summed E-state index contributed by atoms with van der Waals surface area (Å²) in [7, 11) is -2.52. The number of esters is 2. The van der Waals surface area contributed by atoms with Crippen molar-refractivity contribution in [1.82, 2.24) is 0 Å². The van der Waals surface area contributed by atoms with Crippen molar-refractivity contribution in [2.24, 2.45) is 0 Å². The number of ether oxygens (including phenoxy) is 1. The second kappa shape index (κ2) is 7.69. The third kappa shape index (κ3) is 4.75. The molecule has 0 radical (unpaired) electrons. The first-order chi connectivity index (χ1) is 11.0. The third-order valence-electron chi connectivity index (χ3n) is 3.35. The molecular formula is C17H16O5S. The van der Waals surface area contributed by atoms with Crippen molar-refractivity contribution in [2.75, 3.05) is 0 Å². The molecule has 0 fully saturated rings. The highest BCUT2D eigenvalue weighted by molar-refractivity contribution is 7.71. The number of thiol groups is 1. The summed E-state index contributed by atoms with van der Waals surface area (Å²) in [5, 5.41) is 0. The number of carbonyl (C=O) groups is 2. The Labute approximate surface area is 135 Å². The van der Waals surface area contributed by atoms with E-state index in [9.17, 15) is 18.0 Å². The Morgan fingerprint density at radius 2 is 1.61 bits per heavy atom. The molecule has 1 atom stereocenters. The minimum atomic E-state index is -2.52. The highest BCUT2D eigenvalue weighted by Crippen LogP contribution is 2.17. The molecule has 0 heterocycles. The molecule has 6 heteroatoms. The summed E-state index contributed by atoms with van der Waals surface area (Å²) in [6.45, 7) is 1.67. The average Bonchev–Trinajstić information content (AvgIpc) is 2.55. The van der Waals surface area contributed by atoms with E-state index < -0.39 is 28.6 Å². The molecule has 2 rings (SSSR count). The van der Waals surface area contributed by atoms with Gasteiger partial charge in [-0.1, -0.05) is 42.5 Å². The van der Waals surface area contributed by atoms with Crippen LogP contribution in [0.15, 0.2) is 54.6 Å². The van der Waals surface area contributed by atoms with Crippen LogP contribution in [0.3, 0.4) is 0 Å². The summed E-state index contributed by atoms with van der Waals surface area (Å²) in [5.41, 5.74) is 1.53. The fourth-order valence-electron chi connectivity index (χ4n) is 2.01. The first-order valence-corrected chi connectivity index (χ1v) is 8.35. The van der Waals surface area contributed by atoms with Crippen LogP contribution in [0.25, 0.3) is 0 Å². The standard InChI is InChI=1S/C17H16O5S/c1-12(14-5-3-2-4-6-14)16(18)22-17(19)15-9-7-13(8-10-15)11-23(20)21/h2-10,12,23H,11H2,1H3. The van der Waals surface area contributed by atoms with E-state index in [4.69, 9.17) is 4.74 Å². The molecule has 120 valence electrons. The lowest BCUT2D eigenvalue weighted by molar-refractivity contribution is -0.139. The normalized spacial score (nSPS) is 11.9. The predicted octanol–water partition coefficient (Wildman–Crippen LogP) is 2.29. The van der Waals surface area contributed by atoms with Gasteiger partial charge in [0.2, 0.25) is 0 Å². The molecule has 5 nitrogen and oxygen atoms in total. The quantitative estimate of drug-likeness (QED) is 0.516. The molecule has 2 aromatic carbocycles. The van der Waals surface area contributed by atoms with Gasteiger partial charge in [0.05, 0.1) is 17.2 Å². The van der Waals surface area contributed by atoms with Crippen molar-refractivity contribution in [3.05, 3.63) is 71.3 Å². The van der Waals surface area contributed by atoms with E-state index in [1.165, 1.54) is 24.3 Å². The first-order valence-electron chi connectivity index (χ1n) is 6.99. The van der Waals surface area contributed by atoms with Gasteiger partial charge >= 0.3 is 11.9 Å². The number of carbonyl (C=O) groups excluding carboxylic acids is 2. The zero-order chi connectivity index (χ0) is 16.8. The highest BCUT2D eigenvalue weighted by atomic mass is 32.2. The van der Waals surface area contributed by atoms with Crippen molar-refractivity contribution in [1.29, 1.82) is 0 Å². The molecule has 0 aliphatic carbocycles. The third-order valence-corrected chi connectivity index (χ3v) is 3.97. The molecule has 0 N–H and O–H groups in total. The van der Waals surface area contributed by atoms with E-state index in [2.05, 4.69) is 0 Å². The Kier molecular flexibility index (Phi) is 5.65. The molecule has 0 saturated carbocycles. The molecule has 1 unspecified atom stereocenters. The lowest BCUT2D eigenvalue weighted by Gasteiger charge is -2.10. The zero-order valence-electron chi connectivity index (χ0n) is 12.5. The second-order valence-corrected chi connectivity index (χ2v) is 6.01. The van der Waals surface area contributed by atoms with Crippen LogP contribution in [0.1, 0.15) is 34.3 Å². The molecule has 0 aliphatic rings. The Hall–Kier alpha value is -2.47. The van der Waals surface area contributed by atoms with Gasteiger partial charge in [0.25, 0.3) is 0 Å². The van der Waals surface area contributed by atoms with E-state index in [-0.39, 0.29) is 11.3 Å². The van der Waals surface area contributed by atoms with Crippen LogP contribution in [-0.2, 0) is 26.0 Å². The maximum absolute atomic E-state index is 12.0. The summed E-state index contributed by atoms with van der Waals surface area (Å²) >= 11 is 0. The minimum absolute atomic E-state index is 0.0887. The maximum Gasteiger partial charge on any atom is 0.345 e. The summed E-state index contributed by atoms with van der Waals surface area (Å²) < 4.78 is 26.2. The van der Waals surface area contributed by atoms with Crippen LogP contribution >= 0.6 is 0 Å². The summed E-state index contributed by atoms with van der Waals surface area (Å²) in [6, 6.07) is 14.9. The molecular weight excluding hydrogens is 316 g/mol. The van der Waals surface area contributed by atoms with Crippen LogP contribution < -0.4 is 0 Å². The molecule has 0 saturated heterocycles. The van der Waals surface area contributed by atoms with Gasteiger partial charge in [-0.3, -0.25) is 4.79 Å². The van der Waals surface area contributed by atoms with E-state index in [1.807, 2.05) is 6.07 Å².